The number of anilines is 1. The predicted molar refractivity (Wildman–Crippen MR) is 132 cm³/mol. The Morgan fingerprint density at radius 3 is 2.66 bits per heavy atom. The molecule has 8 heteroatoms. The van der Waals surface area contributed by atoms with Gasteiger partial charge in [0.15, 0.2) is 5.54 Å². The Morgan fingerprint density at radius 2 is 1.83 bits per heavy atom. The number of hydrogen-bond donors (Lipinski definition) is 1. The van der Waals surface area contributed by atoms with Crippen molar-refractivity contribution in [3.63, 3.8) is 0 Å². The Bertz CT molecular complexity index is 1330. The van der Waals surface area contributed by atoms with E-state index < -0.39 is 17.5 Å². The van der Waals surface area contributed by atoms with Gasteiger partial charge in [-0.2, -0.15) is 0 Å². The van der Waals surface area contributed by atoms with E-state index in [-0.39, 0.29) is 23.5 Å². The van der Waals surface area contributed by atoms with E-state index in [4.69, 9.17) is 16.3 Å². The molecule has 0 radical (unpaired) electrons. The van der Waals surface area contributed by atoms with E-state index in [0.29, 0.717) is 28.6 Å². The van der Waals surface area contributed by atoms with Gasteiger partial charge >= 0.3 is 0 Å². The second-order valence-corrected chi connectivity index (χ2v) is 9.75. The van der Waals surface area contributed by atoms with Gasteiger partial charge in [-0.3, -0.25) is 19.8 Å². The standard InChI is InChI=1S/C27H24ClN3O4/c28-20-11-4-1-8-17(20)16-35-23-14-6-2-9-18(23)24-22-13-7-15-30(22)27(25(24)31(33)34)19-10-3-5-12-21(19)29-26(27)32/h1-6,8-12,14,22,24-25H,7,13,15-16H2,(H,29,32)/t22-,24+,25-,27+/m1/s1. The van der Waals surface area contributed by atoms with Crippen LogP contribution >= 0.6 is 11.6 Å². The number of nitro groups is 1. The lowest BCUT2D eigenvalue weighted by Gasteiger charge is -2.32. The van der Waals surface area contributed by atoms with E-state index in [0.717, 1.165) is 24.0 Å². The molecule has 1 N–H and O–H groups in total. The summed E-state index contributed by atoms with van der Waals surface area (Å²) in [6.07, 6.45) is 1.66. The minimum absolute atomic E-state index is 0.146. The summed E-state index contributed by atoms with van der Waals surface area (Å²) in [7, 11) is 0. The van der Waals surface area contributed by atoms with Crippen molar-refractivity contribution in [3.05, 3.63) is 105 Å². The minimum Gasteiger partial charge on any atom is -0.489 e. The molecule has 0 bridgehead atoms. The van der Waals surface area contributed by atoms with E-state index in [9.17, 15) is 14.9 Å². The van der Waals surface area contributed by atoms with Gasteiger partial charge in [-0.25, -0.2) is 0 Å². The lowest BCUT2D eigenvalue weighted by molar-refractivity contribution is -0.534. The van der Waals surface area contributed by atoms with E-state index in [2.05, 4.69) is 10.2 Å². The molecule has 6 rings (SSSR count). The Hall–Kier alpha value is -3.42. The molecular weight excluding hydrogens is 466 g/mol. The van der Waals surface area contributed by atoms with Gasteiger partial charge in [0.2, 0.25) is 0 Å². The van der Waals surface area contributed by atoms with E-state index >= 15 is 0 Å². The van der Waals surface area contributed by atoms with Crippen LogP contribution in [0.4, 0.5) is 5.69 Å². The van der Waals surface area contributed by atoms with E-state index in [1.165, 1.54) is 0 Å². The Balaban J connectivity index is 1.46. The molecule has 2 fully saturated rings. The zero-order chi connectivity index (χ0) is 24.2. The second kappa shape index (κ2) is 8.36. The van der Waals surface area contributed by atoms with Crippen molar-refractivity contribution in [1.29, 1.82) is 0 Å². The van der Waals surface area contributed by atoms with Crippen LogP contribution in [0.15, 0.2) is 72.8 Å². The van der Waals surface area contributed by atoms with Crippen molar-refractivity contribution in [2.45, 2.75) is 43.0 Å². The maximum absolute atomic E-state index is 13.6. The van der Waals surface area contributed by atoms with Gasteiger partial charge in [-0.1, -0.05) is 66.2 Å². The summed E-state index contributed by atoms with van der Waals surface area (Å²) in [4.78, 5) is 28.3. The fourth-order valence-electron chi connectivity index (χ4n) is 6.41. The lowest BCUT2D eigenvalue weighted by atomic mass is 9.77. The summed E-state index contributed by atoms with van der Waals surface area (Å²) in [6.45, 7) is 0.880. The van der Waals surface area contributed by atoms with Crippen molar-refractivity contribution in [3.8, 4) is 5.75 Å². The highest BCUT2D eigenvalue weighted by Crippen LogP contribution is 2.58. The fourth-order valence-corrected chi connectivity index (χ4v) is 6.60. The van der Waals surface area contributed by atoms with Crippen LogP contribution in [0, 0.1) is 10.1 Å². The fraction of sp³-hybridized carbons (Fsp3) is 0.296. The highest BCUT2D eigenvalue weighted by Gasteiger charge is 2.73. The van der Waals surface area contributed by atoms with Gasteiger partial charge < -0.3 is 10.1 Å². The first-order valence-corrected chi connectivity index (χ1v) is 12.2. The summed E-state index contributed by atoms with van der Waals surface area (Å²) in [5.41, 5.74) is 1.59. The van der Waals surface area contributed by atoms with Gasteiger partial charge in [0.1, 0.15) is 12.4 Å². The number of amides is 1. The van der Waals surface area contributed by atoms with E-state index in [1.807, 2.05) is 72.8 Å². The molecule has 0 aromatic heterocycles. The first-order valence-electron chi connectivity index (χ1n) is 11.8. The molecule has 3 aliphatic heterocycles. The number of nitrogens with zero attached hydrogens (tertiary/aromatic N) is 2. The molecule has 2 saturated heterocycles. The number of hydrogen-bond acceptors (Lipinski definition) is 5. The zero-order valence-electron chi connectivity index (χ0n) is 18.9. The number of carbonyl (C=O) groups excluding carboxylic acids is 1. The molecule has 4 atom stereocenters. The maximum atomic E-state index is 13.6. The zero-order valence-corrected chi connectivity index (χ0v) is 19.6. The van der Waals surface area contributed by atoms with Crippen LogP contribution in [0.5, 0.6) is 5.75 Å². The first kappa shape index (κ1) is 22.1. The van der Waals surface area contributed by atoms with Gasteiger partial charge in [0, 0.05) is 44.9 Å². The molecule has 3 heterocycles. The first-order chi connectivity index (χ1) is 17.0. The molecule has 178 valence electrons. The van der Waals surface area contributed by atoms with Crippen LogP contribution in [0.25, 0.3) is 0 Å². The van der Waals surface area contributed by atoms with Gasteiger partial charge in [-0.05, 0) is 31.0 Å². The minimum atomic E-state index is -1.35. The highest BCUT2D eigenvalue weighted by molar-refractivity contribution is 6.31. The van der Waals surface area contributed by atoms with Crippen molar-refractivity contribution < 1.29 is 14.5 Å². The average molecular weight is 490 g/mol. The monoisotopic (exact) mass is 489 g/mol. The highest BCUT2D eigenvalue weighted by atomic mass is 35.5. The number of ether oxygens (including phenoxy) is 1. The largest absolute Gasteiger partial charge is 0.489 e. The number of halogens is 1. The van der Waals surface area contributed by atoms with Crippen molar-refractivity contribution >= 4 is 23.2 Å². The SMILES string of the molecule is O=C1Nc2ccccc2[C@]12[C@H]([N+](=O)[O-])[C@@H](c1ccccc1OCc1ccccc1Cl)[C@H]1CCCN12. The van der Waals surface area contributed by atoms with Crippen LogP contribution in [0.2, 0.25) is 5.02 Å². The summed E-state index contributed by atoms with van der Waals surface area (Å²) < 4.78 is 6.21. The molecule has 3 aromatic rings. The third kappa shape index (κ3) is 3.18. The number of benzene rings is 3. The van der Waals surface area contributed by atoms with Gasteiger partial charge in [0.25, 0.3) is 11.9 Å². The third-order valence-corrected chi connectivity index (χ3v) is 8.08. The average Bonchev–Trinajstić information content (AvgIpc) is 3.52. The lowest BCUT2D eigenvalue weighted by Crippen LogP contribution is -2.55. The molecule has 3 aromatic carbocycles. The van der Waals surface area contributed by atoms with Crippen molar-refractivity contribution in [1.82, 2.24) is 4.90 Å². The van der Waals surface area contributed by atoms with Crippen LogP contribution in [-0.4, -0.2) is 34.4 Å². The van der Waals surface area contributed by atoms with Crippen molar-refractivity contribution in [2.24, 2.45) is 0 Å². The molecule has 35 heavy (non-hydrogen) atoms. The smallest absolute Gasteiger partial charge is 0.256 e. The van der Waals surface area contributed by atoms with E-state index in [1.54, 1.807) is 0 Å². The van der Waals surface area contributed by atoms with Crippen molar-refractivity contribution in [2.75, 3.05) is 11.9 Å². The molecule has 0 unspecified atom stereocenters. The quantitative estimate of drug-likeness (QED) is 0.404. The topological polar surface area (TPSA) is 84.7 Å². The Kier molecular flexibility index (Phi) is 5.27. The van der Waals surface area contributed by atoms with Crippen LogP contribution < -0.4 is 10.1 Å². The number of fused-ring (bicyclic) bond motifs is 4. The molecule has 1 amide bonds. The molecule has 0 aliphatic carbocycles. The number of rotatable bonds is 5. The van der Waals surface area contributed by atoms with Crippen LogP contribution in [0.1, 0.15) is 35.4 Å². The third-order valence-electron chi connectivity index (χ3n) is 7.71. The summed E-state index contributed by atoms with van der Waals surface area (Å²) in [5, 5.41) is 16.4. The maximum Gasteiger partial charge on any atom is 0.256 e. The molecule has 7 nitrogen and oxygen atoms in total. The second-order valence-electron chi connectivity index (χ2n) is 9.34. The number of para-hydroxylation sites is 2. The van der Waals surface area contributed by atoms with Gasteiger partial charge in [0.05, 0.1) is 5.92 Å². The summed E-state index contributed by atoms with van der Waals surface area (Å²) in [6, 6.07) is 21.0. The molecule has 1 spiro atoms. The van der Waals surface area contributed by atoms with Crippen LogP contribution in [-0.2, 0) is 16.9 Å². The number of nitrogens with one attached hydrogen (secondary N) is 1. The number of carbonyl (C=O) groups is 1. The molecular formula is C27H24ClN3O4. The molecule has 0 saturated carbocycles. The van der Waals surface area contributed by atoms with Gasteiger partial charge in [-0.15, -0.1) is 0 Å². The Morgan fingerprint density at radius 1 is 1.09 bits per heavy atom. The normalized spacial score (nSPS) is 27.0. The summed E-state index contributed by atoms with van der Waals surface area (Å²) in [5.74, 6) is -0.240. The Labute approximate surface area is 207 Å². The predicted octanol–water partition coefficient (Wildman–Crippen LogP) is 4.97. The molecule has 3 aliphatic rings. The van der Waals surface area contributed by atoms with Crippen LogP contribution in [0.3, 0.4) is 0 Å². The summed E-state index contributed by atoms with van der Waals surface area (Å²) >= 11 is 6.32.